The summed E-state index contributed by atoms with van der Waals surface area (Å²) in [6.45, 7) is 3.83. The highest BCUT2D eigenvalue weighted by molar-refractivity contribution is 7.92. The van der Waals surface area contributed by atoms with Gasteiger partial charge in [0, 0.05) is 19.3 Å². The maximum atomic E-state index is 13.8. The Balaban J connectivity index is 1.68. The second-order valence-corrected chi connectivity index (χ2v) is 10.4. The minimum atomic E-state index is -3.90. The number of hydrogen-bond donors (Lipinski definition) is 0. The van der Waals surface area contributed by atoms with Gasteiger partial charge in [-0.15, -0.1) is 0 Å². The second kappa shape index (κ2) is 10.1. The Hall–Kier alpha value is -2.58. The molecule has 0 aromatic heterocycles. The molecule has 2 aromatic rings. The topological polar surface area (TPSA) is 82.1 Å². The molecule has 0 radical (unpaired) electrons. The smallest absolute Gasteiger partial charge is 0.341 e. The van der Waals surface area contributed by atoms with Crippen molar-refractivity contribution >= 4 is 21.7 Å². The Morgan fingerprint density at radius 2 is 1.88 bits per heavy atom. The monoisotopic (exact) mass is 473 g/mol. The van der Waals surface area contributed by atoms with Gasteiger partial charge >= 0.3 is 5.97 Å². The molecule has 178 valence electrons. The van der Waals surface area contributed by atoms with Crippen LogP contribution in [0.15, 0.2) is 47.4 Å². The molecule has 0 amide bonds. The maximum absolute atomic E-state index is 13.8. The van der Waals surface area contributed by atoms with Crippen molar-refractivity contribution in [3.05, 3.63) is 53.6 Å². The largest absolute Gasteiger partial charge is 0.492 e. The Morgan fingerprint density at radius 3 is 2.61 bits per heavy atom. The van der Waals surface area contributed by atoms with Gasteiger partial charge in [-0.1, -0.05) is 25.1 Å². The van der Waals surface area contributed by atoms with Crippen LogP contribution in [0.3, 0.4) is 0 Å². The van der Waals surface area contributed by atoms with E-state index < -0.39 is 16.0 Å². The summed E-state index contributed by atoms with van der Waals surface area (Å²) in [6.07, 6.45) is 4.08. The molecule has 1 fully saturated rings. The number of hydrogen-bond acceptors (Lipinski definition) is 6. The van der Waals surface area contributed by atoms with Gasteiger partial charge in [0.1, 0.15) is 11.3 Å². The summed E-state index contributed by atoms with van der Waals surface area (Å²) in [4.78, 5) is 12.6. The number of methoxy groups -OCH3 is 1. The summed E-state index contributed by atoms with van der Waals surface area (Å²) in [5.74, 6) is 0.0429. The lowest BCUT2D eigenvalue weighted by atomic mass is 9.97. The average molecular weight is 474 g/mol. The van der Waals surface area contributed by atoms with Crippen LogP contribution in [0, 0.1) is 5.92 Å². The Morgan fingerprint density at radius 1 is 1.12 bits per heavy atom. The lowest BCUT2D eigenvalue weighted by Crippen LogP contribution is -2.43. The standard InChI is InChI=1S/C25H31NO6S/c1-3-20-9-8-19-6-4-5-7-23(19)26(20)33(28,29)21-10-11-24(22(16-21)25(27)30-2)32-17-18-12-14-31-15-13-18/h4-7,10-11,16,18,20H,3,8-9,12-15,17H2,1-2H3/t20-/m0/s1. The molecule has 0 saturated carbocycles. The molecule has 33 heavy (non-hydrogen) atoms. The number of carbonyl (C=O) groups is 1. The van der Waals surface area contributed by atoms with Crippen molar-refractivity contribution in [2.75, 3.05) is 31.2 Å². The highest BCUT2D eigenvalue weighted by Crippen LogP contribution is 2.37. The summed E-state index contributed by atoms with van der Waals surface area (Å²) in [6, 6.07) is 11.9. The van der Waals surface area contributed by atoms with Crippen LogP contribution in [0.2, 0.25) is 0 Å². The van der Waals surface area contributed by atoms with Crippen molar-refractivity contribution in [1.82, 2.24) is 0 Å². The van der Waals surface area contributed by atoms with Gasteiger partial charge in [0.15, 0.2) is 0 Å². The van der Waals surface area contributed by atoms with Crippen molar-refractivity contribution in [2.45, 2.75) is 50.0 Å². The predicted octanol–water partition coefficient (Wildman–Crippen LogP) is 4.20. The maximum Gasteiger partial charge on any atom is 0.341 e. The molecule has 0 unspecified atom stereocenters. The molecule has 1 atom stereocenters. The third-order valence-corrected chi connectivity index (χ3v) is 8.37. The quantitative estimate of drug-likeness (QED) is 0.561. The molecular formula is C25H31NO6S. The molecule has 2 aromatic carbocycles. The number of para-hydroxylation sites is 1. The first kappa shape index (κ1) is 23.6. The van der Waals surface area contributed by atoms with E-state index in [4.69, 9.17) is 14.2 Å². The molecular weight excluding hydrogens is 442 g/mol. The summed E-state index contributed by atoms with van der Waals surface area (Å²) >= 11 is 0. The van der Waals surface area contributed by atoms with Gasteiger partial charge in [-0.25, -0.2) is 13.2 Å². The summed E-state index contributed by atoms with van der Waals surface area (Å²) in [5.41, 5.74) is 1.83. The number of benzene rings is 2. The van der Waals surface area contributed by atoms with E-state index >= 15 is 0 Å². The molecule has 8 heteroatoms. The number of nitrogens with zero attached hydrogens (tertiary/aromatic N) is 1. The van der Waals surface area contributed by atoms with Crippen molar-refractivity contribution in [3.8, 4) is 5.75 Å². The third kappa shape index (κ3) is 4.87. The van der Waals surface area contributed by atoms with Gasteiger partial charge in [0.2, 0.25) is 0 Å². The molecule has 2 heterocycles. The van der Waals surface area contributed by atoms with E-state index in [1.165, 1.54) is 23.5 Å². The minimum Gasteiger partial charge on any atom is -0.492 e. The summed E-state index contributed by atoms with van der Waals surface area (Å²) in [7, 11) is -2.62. The average Bonchev–Trinajstić information content (AvgIpc) is 2.86. The van der Waals surface area contributed by atoms with Gasteiger partial charge in [0.25, 0.3) is 10.0 Å². The molecule has 0 N–H and O–H groups in total. The van der Waals surface area contributed by atoms with E-state index in [-0.39, 0.29) is 16.5 Å². The van der Waals surface area contributed by atoms with Crippen LogP contribution in [0.4, 0.5) is 5.69 Å². The Bertz CT molecular complexity index is 1090. The van der Waals surface area contributed by atoms with Crippen molar-refractivity contribution in [1.29, 1.82) is 0 Å². The second-order valence-electron chi connectivity index (χ2n) is 8.55. The summed E-state index contributed by atoms with van der Waals surface area (Å²) in [5, 5.41) is 0. The van der Waals surface area contributed by atoms with Crippen LogP contribution in [0.1, 0.15) is 48.5 Å². The number of sulfonamides is 1. The first-order valence-electron chi connectivity index (χ1n) is 11.5. The first-order chi connectivity index (χ1) is 16.0. The number of ether oxygens (including phenoxy) is 3. The highest BCUT2D eigenvalue weighted by atomic mass is 32.2. The summed E-state index contributed by atoms with van der Waals surface area (Å²) < 4.78 is 45.4. The van der Waals surface area contributed by atoms with Gasteiger partial charge in [-0.2, -0.15) is 0 Å². The van der Waals surface area contributed by atoms with E-state index in [2.05, 4.69) is 0 Å². The number of carbonyl (C=O) groups excluding carboxylic acids is 1. The number of aryl methyl sites for hydroxylation is 1. The van der Waals surface area contributed by atoms with Crippen molar-refractivity contribution < 1.29 is 27.4 Å². The van der Waals surface area contributed by atoms with Gasteiger partial charge in [-0.3, -0.25) is 4.31 Å². The van der Waals surface area contributed by atoms with Crippen LogP contribution in [0.25, 0.3) is 0 Å². The molecule has 0 aliphatic carbocycles. The first-order valence-corrected chi connectivity index (χ1v) is 12.9. The molecule has 0 bridgehead atoms. The zero-order valence-electron chi connectivity index (χ0n) is 19.2. The normalized spacial score (nSPS) is 19.1. The fraction of sp³-hybridized carbons (Fsp3) is 0.480. The van der Waals surface area contributed by atoms with E-state index in [0.29, 0.717) is 43.6 Å². The van der Waals surface area contributed by atoms with E-state index in [1.807, 2.05) is 31.2 Å². The Kier molecular flexibility index (Phi) is 7.24. The zero-order valence-corrected chi connectivity index (χ0v) is 20.0. The van der Waals surface area contributed by atoms with Gasteiger partial charge < -0.3 is 14.2 Å². The third-order valence-electron chi connectivity index (χ3n) is 6.51. The van der Waals surface area contributed by atoms with Crippen LogP contribution < -0.4 is 9.04 Å². The minimum absolute atomic E-state index is 0.0523. The molecule has 4 rings (SSSR count). The van der Waals surface area contributed by atoms with E-state index in [9.17, 15) is 13.2 Å². The number of esters is 1. The SMILES string of the molecule is CC[C@H]1CCc2ccccc2N1S(=O)(=O)c1ccc(OCC2CCOCC2)c(C(=O)OC)c1. The van der Waals surface area contributed by atoms with Crippen LogP contribution in [-0.2, 0) is 25.9 Å². The molecule has 1 saturated heterocycles. The highest BCUT2D eigenvalue weighted by Gasteiger charge is 2.35. The van der Waals surface area contributed by atoms with Gasteiger partial charge in [0.05, 0.1) is 24.3 Å². The van der Waals surface area contributed by atoms with Crippen LogP contribution in [-0.4, -0.2) is 47.4 Å². The molecule has 0 spiro atoms. The number of anilines is 1. The van der Waals surface area contributed by atoms with E-state index in [1.54, 1.807) is 6.07 Å². The lowest BCUT2D eigenvalue weighted by molar-refractivity contribution is 0.0483. The fourth-order valence-corrected chi connectivity index (χ4v) is 6.39. The fourth-order valence-electron chi connectivity index (χ4n) is 4.57. The van der Waals surface area contributed by atoms with Crippen LogP contribution >= 0.6 is 0 Å². The van der Waals surface area contributed by atoms with Crippen molar-refractivity contribution in [2.24, 2.45) is 5.92 Å². The molecule has 2 aliphatic heterocycles. The number of rotatable bonds is 7. The lowest BCUT2D eigenvalue weighted by Gasteiger charge is -2.37. The molecule has 7 nitrogen and oxygen atoms in total. The van der Waals surface area contributed by atoms with Crippen LogP contribution in [0.5, 0.6) is 5.75 Å². The van der Waals surface area contributed by atoms with Gasteiger partial charge in [-0.05, 0) is 67.9 Å². The van der Waals surface area contributed by atoms with Crippen molar-refractivity contribution in [3.63, 3.8) is 0 Å². The Labute approximate surface area is 195 Å². The zero-order chi connectivity index (χ0) is 23.4. The predicted molar refractivity (Wildman–Crippen MR) is 125 cm³/mol. The van der Waals surface area contributed by atoms with E-state index in [0.717, 1.165) is 31.2 Å². The molecule has 2 aliphatic rings. The number of fused-ring (bicyclic) bond motifs is 1.